The Labute approximate surface area is 90.3 Å². The molecular weight excluding hydrogens is 188 g/mol. The maximum atomic E-state index is 5.54. The molecule has 80 valence electrons. The van der Waals surface area contributed by atoms with Crippen molar-refractivity contribution >= 4 is 11.8 Å². The number of nitrogen functional groups attached to an aromatic ring is 1. The summed E-state index contributed by atoms with van der Waals surface area (Å²) in [5.41, 5.74) is 6.37. The van der Waals surface area contributed by atoms with E-state index in [-0.39, 0.29) is 12.0 Å². The van der Waals surface area contributed by atoms with Gasteiger partial charge in [-0.2, -0.15) is 4.98 Å². The third-order valence-electron chi connectivity index (χ3n) is 1.97. The normalized spacial score (nSPS) is 11.8. The zero-order chi connectivity index (χ0) is 11.3. The number of nitrogens with two attached hydrogens (primary N) is 1. The first-order valence-corrected chi connectivity index (χ1v) is 4.99. The lowest BCUT2D eigenvalue weighted by Gasteiger charge is -2.12. The van der Waals surface area contributed by atoms with Gasteiger partial charge < -0.3 is 11.1 Å². The molecule has 1 aromatic rings. The van der Waals surface area contributed by atoms with Gasteiger partial charge in [0.25, 0.3) is 0 Å². The first-order chi connectivity index (χ1) is 7.15. The third-order valence-corrected chi connectivity index (χ3v) is 1.97. The minimum Gasteiger partial charge on any atom is -0.368 e. The molecule has 0 aliphatic carbocycles. The predicted octanol–water partition coefficient (Wildman–Crippen LogP) is 1.58. The number of anilines is 2. The van der Waals surface area contributed by atoms with Gasteiger partial charge in [-0.15, -0.1) is 6.42 Å². The lowest BCUT2D eigenvalue weighted by atomic mass is 10.2. The summed E-state index contributed by atoms with van der Waals surface area (Å²) in [7, 11) is 0. The van der Waals surface area contributed by atoms with Gasteiger partial charge in [0.15, 0.2) is 0 Å². The van der Waals surface area contributed by atoms with Crippen molar-refractivity contribution < 1.29 is 0 Å². The van der Waals surface area contributed by atoms with Crippen molar-refractivity contribution in [3.8, 4) is 12.3 Å². The highest BCUT2D eigenvalue weighted by Gasteiger charge is 2.05. The van der Waals surface area contributed by atoms with Crippen molar-refractivity contribution in [2.75, 3.05) is 11.1 Å². The second-order valence-corrected chi connectivity index (χ2v) is 3.41. The van der Waals surface area contributed by atoms with E-state index in [2.05, 4.69) is 28.1 Å². The molecule has 0 aliphatic heterocycles. The van der Waals surface area contributed by atoms with E-state index < -0.39 is 0 Å². The Balaban J connectivity index is 2.75. The van der Waals surface area contributed by atoms with Crippen molar-refractivity contribution in [1.29, 1.82) is 0 Å². The fourth-order valence-electron chi connectivity index (χ4n) is 1.33. The summed E-state index contributed by atoms with van der Waals surface area (Å²) < 4.78 is 0. The van der Waals surface area contributed by atoms with E-state index in [1.165, 1.54) is 0 Å². The molecule has 0 aromatic carbocycles. The molecule has 0 saturated carbocycles. The fourth-order valence-corrected chi connectivity index (χ4v) is 1.33. The van der Waals surface area contributed by atoms with E-state index in [1.807, 2.05) is 13.0 Å². The molecule has 1 aromatic heterocycles. The summed E-state index contributed by atoms with van der Waals surface area (Å²) >= 11 is 0. The van der Waals surface area contributed by atoms with E-state index in [1.54, 1.807) is 0 Å². The molecule has 3 N–H and O–H groups in total. The Morgan fingerprint density at radius 1 is 1.60 bits per heavy atom. The van der Waals surface area contributed by atoms with Crippen LogP contribution in [0.25, 0.3) is 0 Å². The molecule has 4 heteroatoms. The van der Waals surface area contributed by atoms with Gasteiger partial charge in [-0.25, -0.2) is 4.98 Å². The first kappa shape index (κ1) is 11.3. The van der Waals surface area contributed by atoms with E-state index >= 15 is 0 Å². The molecule has 0 radical (unpaired) electrons. The second-order valence-electron chi connectivity index (χ2n) is 3.41. The Hall–Kier alpha value is -1.76. The minimum absolute atomic E-state index is 0.00343. The topological polar surface area (TPSA) is 63.8 Å². The summed E-state index contributed by atoms with van der Waals surface area (Å²) in [5, 5.41) is 3.14. The van der Waals surface area contributed by atoms with Crippen LogP contribution >= 0.6 is 0 Å². The van der Waals surface area contributed by atoms with Crippen LogP contribution in [0.1, 0.15) is 25.5 Å². The number of aromatic nitrogens is 2. The number of hydrogen-bond acceptors (Lipinski definition) is 4. The van der Waals surface area contributed by atoms with Gasteiger partial charge in [-0.3, -0.25) is 0 Å². The largest absolute Gasteiger partial charge is 0.368 e. The van der Waals surface area contributed by atoms with Crippen LogP contribution in [0.4, 0.5) is 11.8 Å². The number of nitrogens with zero attached hydrogens (tertiary/aromatic N) is 2. The van der Waals surface area contributed by atoms with Crippen LogP contribution in [0.3, 0.4) is 0 Å². The molecule has 0 fully saturated rings. The smallest absolute Gasteiger partial charge is 0.222 e. The zero-order valence-corrected chi connectivity index (χ0v) is 9.12. The van der Waals surface area contributed by atoms with Crippen LogP contribution in [-0.2, 0) is 0 Å². The van der Waals surface area contributed by atoms with Crippen LogP contribution in [-0.4, -0.2) is 16.0 Å². The lowest BCUT2D eigenvalue weighted by molar-refractivity contribution is 0.752. The Kier molecular flexibility index (Phi) is 3.92. The number of terminal acetylenes is 1. The Morgan fingerprint density at radius 3 is 2.87 bits per heavy atom. The average Bonchev–Trinajstić information content (AvgIpc) is 2.15. The number of aryl methyl sites for hydroxylation is 1. The first-order valence-electron chi connectivity index (χ1n) is 4.99. The Bertz CT molecular complexity index is 347. The minimum atomic E-state index is 0.00343. The van der Waals surface area contributed by atoms with Crippen molar-refractivity contribution in [3.05, 3.63) is 11.8 Å². The molecule has 0 spiro atoms. The average molecular weight is 204 g/mol. The van der Waals surface area contributed by atoms with Crippen molar-refractivity contribution in [1.82, 2.24) is 9.97 Å². The Morgan fingerprint density at radius 2 is 2.33 bits per heavy atom. The fraction of sp³-hybridized carbons (Fsp3) is 0.455. The van der Waals surface area contributed by atoms with Crippen molar-refractivity contribution in [2.45, 2.75) is 32.7 Å². The van der Waals surface area contributed by atoms with Gasteiger partial charge >= 0.3 is 0 Å². The van der Waals surface area contributed by atoms with Gasteiger partial charge in [-0.05, 0) is 13.3 Å². The quantitative estimate of drug-likeness (QED) is 0.731. The summed E-state index contributed by atoms with van der Waals surface area (Å²) in [4.78, 5) is 8.05. The van der Waals surface area contributed by atoms with Crippen LogP contribution in [0.2, 0.25) is 0 Å². The van der Waals surface area contributed by atoms with E-state index in [4.69, 9.17) is 12.2 Å². The lowest BCUT2D eigenvalue weighted by Crippen LogP contribution is -2.18. The standard InChI is InChI=1S/C11H16N4/c1-4-6-9(5-2)14-10-7-8(3)13-11(12)15-10/h2,7,9H,4,6H2,1,3H3,(H3,12,13,14,15). The molecule has 1 heterocycles. The molecule has 0 saturated heterocycles. The predicted molar refractivity (Wildman–Crippen MR) is 62.3 cm³/mol. The van der Waals surface area contributed by atoms with Gasteiger partial charge in [0.2, 0.25) is 5.95 Å². The van der Waals surface area contributed by atoms with Crippen molar-refractivity contribution in [3.63, 3.8) is 0 Å². The number of rotatable bonds is 4. The number of hydrogen-bond donors (Lipinski definition) is 2. The van der Waals surface area contributed by atoms with Crippen LogP contribution in [0.5, 0.6) is 0 Å². The molecule has 0 amide bonds. The summed E-state index contributed by atoms with van der Waals surface area (Å²) in [6, 6.07) is 1.83. The molecule has 1 rings (SSSR count). The van der Waals surface area contributed by atoms with Gasteiger partial charge in [-0.1, -0.05) is 19.3 Å². The van der Waals surface area contributed by atoms with Gasteiger partial charge in [0.1, 0.15) is 5.82 Å². The van der Waals surface area contributed by atoms with Crippen LogP contribution < -0.4 is 11.1 Å². The highest BCUT2D eigenvalue weighted by atomic mass is 15.1. The highest BCUT2D eigenvalue weighted by molar-refractivity contribution is 5.42. The molecular formula is C11H16N4. The van der Waals surface area contributed by atoms with Crippen molar-refractivity contribution in [2.24, 2.45) is 0 Å². The summed E-state index contributed by atoms with van der Waals surface area (Å²) in [6.45, 7) is 3.96. The molecule has 1 atom stereocenters. The maximum absolute atomic E-state index is 5.54. The summed E-state index contributed by atoms with van der Waals surface area (Å²) in [5.74, 6) is 3.64. The molecule has 0 aliphatic rings. The van der Waals surface area contributed by atoms with E-state index in [0.29, 0.717) is 5.82 Å². The third kappa shape index (κ3) is 3.47. The van der Waals surface area contributed by atoms with Gasteiger partial charge in [0.05, 0.1) is 6.04 Å². The highest BCUT2D eigenvalue weighted by Crippen LogP contribution is 2.10. The molecule has 15 heavy (non-hydrogen) atoms. The SMILES string of the molecule is C#CC(CCC)Nc1cc(C)nc(N)n1. The number of nitrogens with one attached hydrogen (secondary N) is 1. The molecule has 1 unspecified atom stereocenters. The van der Waals surface area contributed by atoms with Crippen LogP contribution in [0.15, 0.2) is 6.07 Å². The summed E-state index contributed by atoms with van der Waals surface area (Å²) in [6.07, 6.45) is 7.34. The molecule has 4 nitrogen and oxygen atoms in total. The van der Waals surface area contributed by atoms with Gasteiger partial charge in [0, 0.05) is 11.8 Å². The van der Waals surface area contributed by atoms with E-state index in [0.717, 1.165) is 18.5 Å². The second kappa shape index (κ2) is 5.20. The van der Waals surface area contributed by atoms with Crippen LogP contribution in [0, 0.1) is 19.3 Å². The zero-order valence-electron chi connectivity index (χ0n) is 9.12. The molecule has 0 bridgehead atoms. The monoisotopic (exact) mass is 204 g/mol. The van der Waals surface area contributed by atoms with E-state index in [9.17, 15) is 0 Å². The maximum Gasteiger partial charge on any atom is 0.222 e.